The topological polar surface area (TPSA) is 25.2 Å². The Kier molecular flexibility index (Phi) is 4.94. The number of thioether (sulfide) groups is 1. The summed E-state index contributed by atoms with van der Waals surface area (Å²) < 4.78 is 0. The zero-order valence-electron chi connectivity index (χ0n) is 13.4. The molecule has 0 spiro atoms. The van der Waals surface area contributed by atoms with Gasteiger partial charge in [-0.15, -0.1) is 11.8 Å². The first-order valence-corrected chi connectivity index (χ1v) is 9.42. The summed E-state index contributed by atoms with van der Waals surface area (Å²) in [6.07, 6.45) is 3.95. The van der Waals surface area contributed by atoms with Crippen molar-refractivity contribution in [2.75, 3.05) is 6.26 Å². The van der Waals surface area contributed by atoms with E-state index in [4.69, 9.17) is 4.98 Å². The van der Waals surface area contributed by atoms with Gasteiger partial charge in [0.2, 0.25) is 0 Å². The molecule has 2 aromatic carbocycles. The van der Waals surface area contributed by atoms with Gasteiger partial charge in [-0.05, 0) is 25.7 Å². The summed E-state index contributed by atoms with van der Waals surface area (Å²) in [7, 11) is 0. The quantitative estimate of drug-likeness (QED) is 0.437. The Morgan fingerprint density at radius 1 is 0.957 bits per heavy atom. The molecule has 0 fully saturated rings. The van der Waals surface area contributed by atoms with E-state index >= 15 is 0 Å². The maximum absolute atomic E-state index is 4.72. The fourth-order valence-electron chi connectivity index (χ4n) is 2.12. The van der Waals surface area contributed by atoms with E-state index in [1.165, 1.54) is 11.1 Å². The lowest BCUT2D eigenvalue weighted by molar-refractivity contribution is 1.20. The predicted molar refractivity (Wildman–Crippen MR) is 103 cm³/mol. The second-order valence-electron chi connectivity index (χ2n) is 5.37. The smallest absolute Gasteiger partial charge is 0.150 e. The van der Waals surface area contributed by atoms with E-state index in [1.807, 2.05) is 12.5 Å². The van der Waals surface area contributed by atoms with Crippen LogP contribution in [-0.2, 0) is 0 Å². The minimum Gasteiger partial charge on any atom is -0.242 e. The van der Waals surface area contributed by atoms with Crippen molar-refractivity contribution in [3.8, 4) is 10.6 Å². The molecule has 0 atom stereocenters. The molecular formula is C19H18N2S2. The number of hydrogen-bond donors (Lipinski definition) is 0. The van der Waals surface area contributed by atoms with Crippen LogP contribution in [0.2, 0.25) is 0 Å². The highest BCUT2D eigenvalue weighted by Gasteiger charge is 2.11. The normalized spacial score (nSPS) is 11.3. The summed E-state index contributed by atoms with van der Waals surface area (Å²) in [4.78, 5) is 9.37. The second-order valence-corrected chi connectivity index (χ2v) is 7.14. The Balaban J connectivity index is 1.90. The Morgan fingerprint density at radius 2 is 1.57 bits per heavy atom. The molecule has 0 amide bonds. The molecule has 116 valence electrons. The lowest BCUT2D eigenvalue weighted by Gasteiger charge is -1.96. The molecule has 0 aliphatic heterocycles. The molecule has 0 unspecified atom stereocenters. The number of rotatable bonds is 4. The Morgan fingerprint density at radius 3 is 2.17 bits per heavy atom. The summed E-state index contributed by atoms with van der Waals surface area (Å²) in [5.74, 6) is 0. The number of aliphatic imine (C=N–C) groups is 1. The van der Waals surface area contributed by atoms with Gasteiger partial charge in [0, 0.05) is 11.8 Å². The highest BCUT2D eigenvalue weighted by Crippen LogP contribution is 2.38. The average molecular weight is 339 g/mol. The third-order valence-corrected chi connectivity index (χ3v) is 5.29. The molecule has 23 heavy (non-hydrogen) atoms. The highest BCUT2D eigenvalue weighted by atomic mass is 32.2. The summed E-state index contributed by atoms with van der Waals surface area (Å²) in [5.41, 5.74) is 4.76. The van der Waals surface area contributed by atoms with E-state index in [0.717, 1.165) is 26.2 Å². The van der Waals surface area contributed by atoms with Gasteiger partial charge in [0.1, 0.15) is 15.0 Å². The molecule has 3 rings (SSSR count). The van der Waals surface area contributed by atoms with Gasteiger partial charge >= 0.3 is 0 Å². The first-order valence-electron chi connectivity index (χ1n) is 7.38. The van der Waals surface area contributed by atoms with Crippen LogP contribution in [0, 0.1) is 13.8 Å². The van der Waals surface area contributed by atoms with Crippen LogP contribution >= 0.6 is 23.1 Å². The third kappa shape index (κ3) is 3.89. The fraction of sp³-hybridized carbons (Fsp3) is 0.158. The molecule has 0 radical (unpaired) electrons. The number of hydrogen-bond acceptors (Lipinski definition) is 4. The number of benzene rings is 2. The van der Waals surface area contributed by atoms with E-state index in [2.05, 4.69) is 67.4 Å². The standard InChI is InChI=1S/C19H18N2S2/c1-13-4-8-15(9-5-13)12-20-18-19(22-3)21-17(23-18)16-10-6-14(2)7-11-16/h4-12H,1-3H3/b20-12+. The van der Waals surface area contributed by atoms with Crippen LogP contribution in [0.1, 0.15) is 16.7 Å². The molecule has 0 bridgehead atoms. The van der Waals surface area contributed by atoms with E-state index in [9.17, 15) is 0 Å². The van der Waals surface area contributed by atoms with Gasteiger partial charge in [-0.25, -0.2) is 9.98 Å². The van der Waals surface area contributed by atoms with Crippen LogP contribution in [0.4, 0.5) is 5.00 Å². The van der Waals surface area contributed by atoms with Crippen molar-refractivity contribution >= 4 is 34.3 Å². The summed E-state index contributed by atoms with van der Waals surface area (Å²) >= 11 is 3.27. The second kappa shape index (κ2) is 7.11. The van der Waals surface area contributed by atoms with Crippen molar-refractivity contribution in [3.63, 3.8) is 0 Å². The zero-order valence-corrected chi connectivity index (χ0v) is 15.0. The van der Waals surface area contributed by atoms with Crippen molar-refractivity contribution in [1.82, 2.24) is 4.98 Å². The van der Waals surface area contributed by atoms with Gasteiger partial charge in [0.05, 0.1) is 0 Å². The maximum Gasteiger partial charge on any atom is 0.150 e. The van der Waals surface area contributed by atoms with E-state index < -0.39 is 0 Å². The molecule has 1 heterocycles. The third-order valence-electron chi connectivity index (χ3n) is 3.48. The average Bonchev–Trinajstić information content (AvgIpc) is 2.98. The zero-order chi connectivity index (χ0) is 16.2. The molecule has 0 aliphatic rings. The van der Waals surface area contributed by atoms with Crippen LogP contribution in [0.25, 0.3) is 10.6 Å². The van der Waals surface area contributed by atoms with Crippen LogP contribution in [0.3, 0.4) is 0 Å². The summed E-state index contributed by atoms with van der Waals surface area (Å²) in [5, 5.41) is 2.97. The number of aryl methyl sites for hydroxylation is 2. The van der Waals surface area contributed by atoms with E-state index in [0.29, 0.717) is 0 Å². The van der Waals surface area contributed by atoms with Gasteiger partial charge in [-0.2, -0.15) is 0 Å². The molecular weight excluding hydrogens is 320 g/mol. The van der Waals surface area contributed by atoms with Gasteiger partial charge in [0.15, 0.2) is 0 Å². The van der Waals surface area contributed by atoms with Gasteiger partial charge in [-0.3, -0.25) is 0 Å². The van der Waals surface area contributed by atoms with Gasteiger partial charge in [-0.1, -0.05) is 71.0 Å². The van der Waals surface area contributed by atoms with Crippen molar-refractivity contribution in [2.45, 2.75) is 18.9 Å². The molecule has 0 saturated carbocycles. The molecule has 1 aromatic heterocycles. The lowest BCUT2D eigenvalue weighted by Crippen LogP contribution is -1.80. The maximum atomic E-state index is 4.72. The van der Waals surface area contributed by atoms with Crippen molar-refractivity contribution in [1.29, 1.82) is 0 Å². The first kappa shape index (κ1) is 16.0. The molecule has 0 saturated heterocycles. The lowest BCUT2D eigenvalue weighted by atomic mass is 10.2. The van der Waals surface area contributed by atoms with Gasteiger partial charge < -0.3 is 0 Å². The molecule has 0 N–H and O–H groups in total. The van der Waals surface area contributed by atoms with Crippen molar-refractivity contribution in [2.24, 2.45) is 4.99 Å². The van der Waals surface area contributed by atoms with E-state index in [-0.39, 0.29) is 0 Å². The number of nitrogens with zero attached hydrogens (tertiary/aromatic N) is 2. The molecule has 4 heteroatoms. The predicted octanol–water partition coefficient (Wildman–Crippen LogP) is 5.90. The largest absolute Gasteiger partial charge is 0.242 e. The Bertz CT molecular complexity index is 816. The van der Waals surface area contributed by atoms with Crippen LogP contribution in [0.15, 0.2) is 58.5 Å². The SMILES string of the molecule is CSc1nc(-c2ccc(C)cc2)sc1/N=C/c1ccc(C)cc1. The van der Waals surface area contributed by atoms with Crippen molar-refractivity contribution < 1.29 is 0 Å². The van der Waals surface area contributed by atoms with Crippen LogP contribution in [-0.4, -0.2) is 17.5 Å². The fourth-order valence-corrected chi connectivity index (χ4v) is 3.77. The van der Waals surface area contributed by atoms with Crippen LogP contribution < -0.4 is 0 Å². The molecule has 3 aromatic rings. The number of aromatic nitrogens is 1. The van der Waals surface area contributed by atoms with Crippen LogP contribution in [0.5, 0.6) is 0 Å². The highest BCUT2D eigenvalue weighted by molar-refractivity contribution is 7.98. The number of thiazole rings is 1. The Hall–Kier alpha value is -1.91. The van der Waals surface area contributed by atoms with Gasteiger partial charge in [0.25, 0.3) is 0 Å². The monoisotopic (exact) mass is 338 g/mol. The van der Waals surface area contributed by atoms with Crippen molar-refractivity contribution in [3.05, 3.63) is 65.2 Å². The summed E-state index contributed by atoms with van der Waals surface area (Å²) in [6.45, 7) is 4.18. The minimum atomic E-state index is 0.966. The first-order chi connectivity index (χ1) is 11.2. The molecule has 2 nitrogen and oxygen atoms in total. The molecule has 0 aliphatic carbocycles. The minimum absolute atomic E-state index is 0.966. The summed E-state index contributed by atoms with van der Waals surface area (Å²) in [6, 6.07) is 16.8. The Labute approximate surface area is 145 Å². The van der Waals surface area contributed by atoms with E-state index in [1.54, 1.807) is 23.1 Å².